The molecule has 0 radical (unpaired) electrons. The van der Waals surface area contributed by atoms with E-state index in [-0.39, 0.29) is 5.75 Å². The molecule has 0 saturated carbocycles. The molecule has 1 saturated heterocycles. The van der Waals surface area contributed by atoms with Gasteiger partial charge in [-0.25, -0.2) is 4.68 Å². The van der Waals surface area contributed by atoms with E-state index < -0.39 is 0 Å². The van der Waals surface area contributed by atoms with Crippen LogP contribution in [0.3, 0.4) is 0 Å². The lowest BCUT2D eigenvalue weighted by Gasteiger charge is -2.18. The fourth-order valence-corrected chi connectivity index (χ4v) is 3.23. The Labute approximate surface area is 145 Å². The third-order valence-corrected chi connectivity index (χ3v) is 4.51. The van der Waals surface area contributed by atoms with Crippen LogP contribution in [-0.2, 0) is 0 Å². The molecule has 25 heavy (non-hydrogen) atoms. The second-order valence-corrected chi connectivity index (χ2v) is 6.10. The summed E-state index contributed by atoms with van der Waals surface area (Å²) < 4.78 is 1.71. The molecule has 2 aromatic heterocycles. The summed E-state index contributed by atoms with van der Waals surface area (Å²) in [5.74, 6) is 0.500. The van der Waals surface area contributed by atoms with Crippen LogP contribution in [0.5, 0.6) is 5.75 Å². The molecular formula is C18H20N6O. The molecule has 0 amide bonds. The SMILES string of the molecule is Oc1cc(-n2cccn2)ccc1-c1nnccc1C1CCNCNC1. The van der Waals surface area contributed by atoms with Crippen LogP contribution in [0.15, 0.2) is 48.9 Å². The highest BCUT2D eigenvalue weighted by molar-refractivity contribution is 5.71. The topological polar surface area (TPSA) is 87.9 Å². The number of aromatic hydroxyl groups is 1. The van der Waals surface area contributed by atoms with Crippen molar-refractivity contribution in [2.45, 2.75) is 12.3 Å². The number of phenols is 1. The van der Waals surface area contributed by atoms with Gasteiger partial charge in [0.05, 0.1) is 5.69 Å². The van der Waals surface area contributed by atoms with E-state index in [4.69, 9.17) is 0 Å². The number of hydrogen-bond donors (Lipinski definition) is 3. The van der Waals surface area contributed by atoms with Crippen molar-refractivity contribution in [3.05, 3.63) is 54.5 Å². The Balaban J connectivity index is 1.72. The molecule has 3 N–H and O–H groups in total. The fourth-order valence-electron chi connectivity index (χ4n) is 3.23. The Kier molecular flexibility index (Phi) is 4.41. The summed E-state index contributed by atoms with van der Waals surface area (Å²) in [4.78, 5) is 0. The van der Waals surface area contributed by atoms with Crippen LogP contribution in [0.4, 0.5) is 0 Å². The third kappa shape index (κ3) is 3.24. The summed E-state index contributed by atoms with van der Waals surface area (Å²) in [6.45, 7) is 2.63. The molecule has 0 bridgehead atoms. The van der Waals surface area contributed by atoms with Gasteiger partial charge in [-0.3, -0.25) is 0 Å². The van der Waals surface area contributed by atoms with Gasteiger partial charge in [-0.2, -0.15) is 15.3 Å². The summed E-state index contributed by atoms with van der Waals surface area (Å²) in [7, 11) is 0. The first-order valence-electron chi connectivity index (χ1n) is 8.39. The smallest absolute Gasteiger partial charge is 0.127 e. The zero-order chi connectivity index (χ0) is 17.1. The molecule has 128 valence electrons. The predicted molar refractivity (Wildman–Crippen MR) is 94.5 cm³/mol. The van der Waals surface area contributed by atoms with Crippen molar-refractivity contribution in [2.75, 3.05) is 19.8 Å². The second kappa shape index (κ2) is 7.00. The van der Waals surface area contributed by atoms with Gasteiger partial charge in [0.25, 0.3) is 0 Å². The molecule has 7 heteroatoms. The van der Waals surface area contributed by atoms with Gasteiger partial charge in [0.2, 0.25) is 0 Å². The van der Waals surface area contributed by atoms with E-state index >= 15 is 0 Å². The molecule has 0 aliphatic carbocycles. The number of nitrogens with one attached hydrogen (secondary N) is 2. The van der Waals surface area contributed by atoms with E-state index in [1.54, 1.807) is 23.1 Å². The minimum Gasteiger partial charge on any atom is -0.507 e. The van der Waals surface area contributed by atoms with E-state index in [2.05, 4.69) is 25.9 Å². The van der Waals surface area contributed by atoms with Crippen molar-refractivity contribution in [1.82, 2.24) is 30.6 Å². The molecule has 4 rings (SSSR count). The second-order valence-electron chi connectivity index (χ2n) is 6.10. The maximum absolute atomic E-state index is 10.6. The number of aromatic nitrogens is 4. The summed E-state index contributed by atoms with van der Waals surface area (Å²) in [5, 5.41) is 29.9. The molecule has 1 aliphatic rings. The number of benzene rings is 1. The van der Waals surface area contributed by atoms with Crippen molar-refractivity contribution in [1.29, 1.82) is 0 Å². The van der Waals surface area contributed by atoms with Crippen LogP contribution >= 0.6 is 0 Å². The van der Waals surface area contributed by atoms with Crippen LogP contribution in [0, 0.1) is 0 Å². The average Bonchev–Trinajstić information content (AvgIpc) is 3.05. The van der Waals surface area contributed by atoms with Crippen LogP contribution < -0.4 is 10.6 Å². The summed E-state index contributed by atoms with van der Waals surface area (Å²) >= 11 is 0. The standard InChI is InChI=1S/C18H20N6O/c25-17-10-14(24-9-1-6-22-24)2-3-16(17)18-15(5-8-21-23-18)13-4-7-19-12-20-11-13/h1-3,5-6,8-10,13,19-20,25H,4,7,11-12H2. The first kappa shape index (κ1) is 15.7. The van der Waals surface area contributed by atoms with Crippen LogP contribution in [0.25, 0.3) is 16.9 Å². The first-order valence-corrected chi connectivity index (χ1v) is 8.39. The largest absolute Gasteiger partial charge is 0.507 e. The van der Waals surface area contributed by atoms with E-state index in [9.17, 15) is 5.11 Å². The zero-order valence-electron chi connectivity index (χ0n) is 13.8. The lowest BCUT2D eigenvalue weighted by atomic mass is 9.92. The predicted octanol–water partition coefficient (Wildman–Crippen LogP) is 1.66. The Hall–Kier alpha value is -2.77. The first-order chi connectivity index (χ1) is 12.3. The van der Waals surface area contributed by atoms with Gasteiger partial charge in [0.1, 0.15) is 11.4 Å². The van der Waals surface area contributed by atoms with E-state index in [1.807, 2.05) is 30.5 Å². The summed E-state index contributed by atoms with van der Waals surface area (Å²) in [6.07, 6.45) is 6.27. The van der Waals surface area contributed by atoms with Crippen LogP contribution in [0.2, 0.25) is 0 Å². The molecule has 0 spiro atoms. The van der Waals surface area contributed by atoms with Crippen LogP contribution in [0.1, 0.15) is 17.9 Å². The third-order valence-electron chi connectivity index (χ3n) is 4.51. The van der Waals surface area contributed by atoms with Crippen LogP contribution in [-0.4, -0.2) is 44.8 Å². The van der Waals surface area contributed by atoms with E-state index in [0.29, 0.717) is 11.5 Å². The molecule has 1 fully saturated rings. The Morgan fingerprint density at radius 1 is 1.16 bits per heavy atom. The lowest BCUT2D eigenvalue weighted by molar-refractivity contribution is 0.476. The summed E-state index contributed by atoms with van der Waals surface area (Å²) in [6, 6.07) is 9.35. The average molecular weight is 336 g/mol. The number of hydrogen-bond acceptors (Lipinski definition) is 6. The van der Waals surface area contributed by atoms with Gasteiger partial charge in [-0.05, 0) is 48.7 Å². The van der Waals surface area contributed by atoms with E-state index in [1.165, 1.54) is 0 Å². The normalized spacial score (nSPS) is 18.0. The van der Waals surface area contributed by atoms with Gasteiger partial charge in [-0.1, -0.05) is 0 Å². The van der Waals surface area contributed by atoms with Crippen molar-refractivity contribution in [2.24, 2.45) is 0 Å². The molecule has 3 aromatic rings. The fraction of sp³-hybridized carbons (Fsp3) is 0.278. The van der Waals surface area contributed by atoms with Crippen molar-refractivity contribution in [3.63, 3.8) is 0 Å². The molecular weight excluding hydrogens is 316 g/mol. The molecule has 1 aliphatic heterocycles. The maximum Gasteiger partial charge on any atom is 0.127 e. The number of rotatable bonds is 3. The highest BCUT2D eigenvalue weighted by atomic mass is 16.3. The minimum atomic E-state index is 0.175. The van der Waals surface area contributed by atoms with Gasteiger partial charge in [-0.15, -0.1) is 0 Å². The van der Waals surface area contributed by atoms with E-state index in [0.717, 1.165) is 43.1 Å². The Bertz CT molecular complexity index is 841. The molecule has 3 heterocycles. The quantitative estimate of drug-likeness (QED) is 0.674. The highest BCUT2D eigenvalue weighted by Gasteiger charge is 2.20. The van der Waals surface area contributed by atoms with Gasteiger partial charge >= 0.3 is 0 Å². The summed E-state index contributed by atoms with van der Waals surface area (Å²) in [5.41, 5.74) is 3.34. The molecule has 7 nitrogen and oxygen atoms in total. The van der Waals surface area contributed by atoms with Gasteiger partial charge in [0.15, 0.2) is 0 Å². The minimum absolute atomic E-state index is 0.175. The number of nitrogens with zero attached hydrogens (tertiary/aromatic N) is 4. The Morgan fingerprint density at radius 2 is 2.12 bits per heavy atom. The molecule has 1 aromatic carbocycles. The Morgan fingerprint density at radius 3 is 2.96 bits per heavy atom. The molecule has 1 atom stereocenters. The lowest BCUT2D eigenvalue weighted by Crippen LogP contribution is -2.26. The van der Waals surface area contributed by atoms with Crippen molar-refractivity contribution in [3.8, 4) is 22.7 Å². The van der Waals surface area contributed by atoms with Gasteiger partial charge < -0.3 is 15.7 Å². The zero-order valence-corrected chi connectivity index (χ0v) is 13.8. The maximum atomic E-state index is 10.6. The highest BCUT2D eigenvalue weighted by Crippen LogP contribution is 2.35. The monoisotopic (exact) mass is 336 g/mol. The van der Waals surface area contributed by atoms with Crippen molar-refractivity contribution >= 4 is 0 Å². The number of phenolic OH excluding ortho intramolecular Hbond substituents is 1. The van der Waals surface area contributed by atoms with Gasteiger partial charge in [0, 0.05) is 43.4 Å². The van der Waals surface area contributed by atoms with Crippen molar-refractivity contribution < 1.29 is 5.11 Å². The molecule has 1 unspecified atom stereocenters.